The largest absolute Gasteiger partial charge is 0.357 e. The van der Waals surface area contributed by atoms with Gasteiger partial charge in [-0.05, 0) is 32.1 Å². The summed E-state index contributed by atoms with van der Waals surface area (Å²) >= 11 is 0. The lowest BCUT2D eigenvalue weighted by atomic mass is 9.99. The number of nitrogens with one attached hydrogen (secondary N) is 3. The molecule has 1 fully saturated rings. The molecule has 0 bridgehead atoms. The molecule has 0 aromatic carbocycles. The molecule has 1 rings (SSSR count). The van der Waals surface area contributed by atoms with Crippen molar-refractivity contribution < 1.29 is 4.79 Å². The Labute approximate surface area is 129 Å². The van der Waals surface area contributed by atoms with Crippen molar-refractivity contribution in [3.8, 4) is 0 Å². The van der Waals surface area contributed by atoms with E-state index in [2.05, 4.69) is 34.8 Å². The quantitative estimate of drug-likeness (QED) is 0.427. The van der Waals surface area contributed by atoms with Gasteiger partial charge >= 0.3 is 0 Å². The number of nitrogens with zero attached hydrogens (tertiary/aromatic N) is 1. The molecule has 5 nitrogen and oxygen atoms in total. The first kappa shape index (κ1) is 17.8. The Hall–Kier alpha value is -1.26. The van der Waals surface area contributed by atoms with Crippen LogP contribution in [0, 0.1) is 5.92 Å². The van der Waals surface area contributed by atoms with Crippen LogP contribution in [0.1, 0.15) is 59.3 Å². The second-order valence-corrected chi connectivity index (χ2v) is 5.83. The minimum absolute atomic E-state index is 0.0210. The van der Waals surface area contributed by atoms with Crippen molar-refractivity contribution in [2.24, 2.45) is 10.9 Å². The summed E-state index contributed by atoms with van der Waals surface area (Å²) in [6, 6.07) is 0.404. The SMILES string of the molecule is CCCCC(CC)CNC(=NCC(=O)NC1CC1)NCC. The Morgan fingerprint density at radius 2 is 2.00 bits per heavy atom. The van der Waals surface area contributed by atoms with E-state index in [0.717, 1.165) is 31.9 Å². The number of guanidine groups is 1. The molecule has 0 saturated heterocycles. The fourth-order valence-corrected chi connectivity index (χ4v) is 2.18. The van der Waals surface area contributed by atoms with Crippen molar-refractivity contribution >= 4 is 11.9 Å². The maximum Gasteiger partial charge on any atom is 0.242 e. The Kier molecular flexibility index (Phi) is 8.87. The highest BCUT2D eigenvalue weighted by molar-refractivity contribution is 5.85. The minimum atomic E-state index is 0.0210. The van der Waals surface area contributed by atoms with Crippen molar-refractivity contribution in [1.82, 2.24) is 16.0 Å². The summed E-state index contributed by atoms with van der Waals surface area (Å²) in [6.45, 7) is 8.43. The van der Waals surface area contributed by atoms with Crippen LogP contribution in [0.5, 0.6) is 0 Å². The lowest BCUT2D eigenvalue weighted by Gasteiger charge is -2.17. The summed E-state index contributed by atoms with van der Waals surface area (Å²) in [6.07, 6.45) is 7.17. The smallest absolute Gasteiger partial charge is 0.242 e. The van der Waals surface area contributed by atoms with Crippen LogP contribution >= 0.6 is 0 Å². The molecule has 1 unspecified atom stereocenters. The van der Waals surface area contributed by atoms with Gasteiger partial charge in [0.25, 0.3) is 0 Å². The molecular weight excluding hydrogens is 264 g/mol. The molecule has 1 atom stereocenters. The highest BCUT2D eigenvalue weighted by Crippen LogP contribution is 2.18. The molecule has 1 saturated carbocycles. The van der Waals surface area contributed by atoms with Crippen molar-refractivity contribution in [2.75, 3.05) is 19.6 Å². The average molecular weight is 296 g/mol. The summed E-state index contributed by atoms with van der Waals surface area (Å²) in [4.78, 5) is 16.0. The Bertz CT molecular complexity index is 326. The molecule has 0 aromatic heterocycles. The van der Waals surface area contributed by atoms with Gasteiger partial charge in [0, 0.05) is 19.1 Å². The summed E-state index contributed by atoms with van der Waals surface area (Å²) in [5.41, 5.74) is 0. The zero-order valence-electron chi connectivity index (χ0n) is 13.9. The molecule has 0 aromatic rings. The van der Waals surface area contributed by atoms with E-state index in [9.17, 15) is 4.79 Å². The van der Waals surface area contributed by atoms with E-state index in [1.807, 2.05) is 6.92 Å². The van der Waals surface area contributed by atoms with Crippen LogP contribution in [0.2, 0.25) is 0 Å². The highest BCUT2D eigenvalue weighted by Gasteiger charge is 2.22. The molecule has 0 spiro atoms. The van der Waals surface area contributed by atoms with E-state index >= 15 is 0 Å². The summed E-state index contributed by atoms with van der Waals surface area (Å²) in [7, 11) is 0. The topological polar surface area (TPSA) is 65.5 Å². The van der Waals surface area contributed by atoms with Crippen LogP contribution in [0.4, 0.5) is 0 Å². The van der Waals surface area contributed by atoms with E-state index < -0.39 is 0 Å². The van der Waals surface area contributed by atoms with E-state index in [0.29, 0.717) is 12.0 Å². The molecule has 122 valence electrons. The Morgan fingerprint density at radius 3 is 2.57 bits per heavy atom. The van der Waals surface area contributed by atoms with Crippen LogP contribution in [0.3, 0.4) is 0 Å². The van der Waals surface area contributed by atoms with Crippen molar-refractivity contribution in [1.29, 1.82) is 0 Å². The van der Waals surface area contributed by atoms with Crippen LogP contribution in [0.15, 0.2) is 4.99 Å². The predicted octanol–water partition coefficient (Wildman–Crippen LogP) is 2.04. The Balaban J connectivity index is 2.33. The molecule has 0 heterocycles. The third-order valence-electron chi connectivity index (χ3n) is 3.77. The number of rotatable bonds is 10. The average Bonchev–Trinajstić information content (AvgIpc) is 3.28. The van der Waals surface area contributed by atoms with E-state index in [4.69, 9.17) is 0 Å². The zero-order chi connectivity index (χ0) is 15.5. The molecule has 21 heavy (non-hydrogen) atoms. The van der Waals surface area contributed by atoms with E-state index in [1.54, 1.807) is 0 Å². The van der Waals surface area contributed by atoms with E-state index in [1.165, 1.54) is 25.7 Å². The van der Waals surface area contributed by atoms with Gasteiger partial charge in [0.1, 0.15) is 6.54 Å². The van der Waals surface area contributed by atoms with Crippen LogP contribution in [-0.4, -0.2) is 37.5 Å². The molecular formula is C16H32N4O. The van der Waals surface area contributed by atoms with Gasteiger partial charge in [0.2, 0.25) is 5.91 Å². The van der Waals surface area contributed by atoms with Crippen LogP contribution < -0.4 is 16.0 Å². The van der Waals surface area contributed by atoms with Crippen molar-refractivity contribution in [3.05, 3.63) is 0 Å². The second kappa shape index (κ2) is 10.5. The molecule has 1 aliphatic carbocycles. The normalized spacial score (nSPS) is 16.4. The lowest BCUT2D eigenvalue weighted by molar-refractivity contribution is -0.119. The third kappa shape index (κ3) is 8.58. The fourth-order valence-electron chi connectivity index (χ4n) is 2.18. The van der Waals surface area contributed by atoms with Crippen LogP contribution in [0.25, 0.3) is 0 Å². The maximum absolute atomic E-state index is 11.7. The van der Waals surface area contributed by atoms with Crippen molar-refractivity contribution in [2.45, 2.75) is 65.3 Å². The first-order valence-electron chi connectivity index (χ1n) is 8.51. The molecule has 0 aliphatic heterocycles. The maximum atomic E-state index is 11.7. The van der Waals surface area contributed by atoms with Gasteiger partial charge in [-0.25, -0.2) is 4.99 Å². The number of hydrogen-bond acceptors (Lipinski definition) is 2. The van der Waals surface area contributed by atoms with E-state index in [-0.39, 0.29) is 12.5 Å². The van der Waals surface area contributed by atoms with Gasteiger partial charge in [-0.15, -0.1) is 0 Å². The number of amides is 1. The molecule has 5 heteroatoms. The van der Waals surface area contributed by atoms with Crippen LogP contribution in [-0.2, 0) is 4.79 Å². The van der Waals surface area contributed by atoms with Gasteiger partial charge in [-0.3, -0.25) is 4.79 Å². The molecule has 1 amide bonds. The number of carbonyl (C=O) groups excluding carboxylic acids is 1. The second-order valence-electron chi connectivity index (χ2n) is 5.83. The van der Waals surface area contributed by atoms with Crippen molar-refractivity contribution in [3.63, 3.8) is 0 Å². The lowest BCUT2D eigenvalue weighted by Crippen LogP contribution is -2.40. The zero-order valence-corrected chi connectivity index (χ0v) is 13.9. The number of carbonyl (C=O) groups is 1. The summed E-state index contributed by atoms with van der Waals surface area (Å²) < 4.78 is 0. The monoisotopic (exact) mass is 296 g/mol. The predicted molar refractivity (Wildman–Crippen MR) is 88.5 cm³/mol. The van der Waals surface area contributed by atoms with Gasteiger partial charge in [0.15, 0.2) is 5.96 Å². The number of aliphatic imine (C=N–C) groups is 1. The van der Waals surface area contributed by atoms with Gasteiger partial charge in [-0.2, -0.15) is 0 Å². The minimum Gasteiger partial charge on any atom is -0.357 e. The molecule has 0 radical (unpaired) electrons. The Morgan fingerprint density at radius 1 is 1.24 bits per heavy atom. The van der Waals surface area contributed by atoms with Gasteiger partial charge in [0.05, 0.1) is 0 Å². The summed E-state index contributed by atoms with van der Waals surface area (Å²) in [5, 5.41) is 9.52. The fraction of sp³-hybridized carbons (Fsp3) is 0.875. The third-order valence-corrected chi connectivity index (χ3v) is 3.77. The number of unbranched alkanes of at least 4 members (excludes halogenated alkanes) is 1. The molecule has 3 N–H and O–H groups in total. The first-order valence-corrected chi connectivity index (χ1v) is 8.51. The van der Waals surface area contributed by atoms with Gasteiger partial charge in [-0.1, -0.05) is 33.1 Å². The number of hydrogen-bond donors (Lipinski definition) is 3. The standard InChI is InChI=1S/C16H32N4O/c1-4-7-8-13(5-2)11-18-16(17-6-3)19-12-15(21)20-14-9-10-14/h13-14H,4-12H2,1-3H3,(H,20,21)(H2,17,18,19). The first-order chi connectivity index (χ1) is 10.2. The highest BCUT2D eigenvalue weighted by atomic mass is 16.2. The van der Waals surface area contributed by atoms with Gasteiger partial charge < -0.3 is 16.0 Å². The molecule has 1 aliphatic rings. The summed E-state index contributed by atoms with van der Waals surface area (Å²) in [5.74, 6) is 1.44.